The second-order valence-electron chi connectivity index (χ2n) is 5.96. The van der Waals surface area contributed by atoms with E-state index in [1.807, 2.05) is 0 Å². The van der Waals surface area contributed by atoms with Gasteiger partial charge < -0.3 is 23.6 Å². The molecule has 2 heterocycles. The fraction of sp³-hybridized carbons (Fsp3) is 0.625. The van der Waals surface area contributed by atoms with Gasteiger partial charge in [0.15, 0.2) is 11.9 Å². The third-order valence-corrected chi connectivity index (χ3v) is 6.30. The number of H-pyrrole nitrogens is 1. The molecule has 3 atom stereocenters. The van der Waals surface area contributed by atoms with Crippen molar-refractivity contribution in [3.8, 4) is 0 Å². The summed E-state index contributed by atoms with van der Waals surface area (Å²) in [6, 6.07) is 1.16. The van der Waals surface area contributed by atoms with Gasteiger partial charge >= 0.3 is 13.3 Å². The van der Waals surface area contributed by atoms with Gasteiger partial charge in [0, 0.05) is 25.3 Å². The van der Waals surface area contributed by atoms with E-state index in [1.54, 1.807) is 20.8 Å². The Hall–Kier alpha value is -1.87. The summed E-state index contributed by atoms with van der Waals surface area (Å²) in [6.07, 6.45) is -0.748. The summed E-state index contributed by atoms with van der Waals surface area (Å²) in [7, 11) is -2.02. The number of rotatable bonds is 9. The molecule has 11 heteroatoms. The number of aliphatic hydroxyl groups is 1. The van der Waals surface area contributed by atoms with Crippen LogP contribution in [0.1, 0.15) is 27.0 Å². The lowest BCUT2D eigenvalue weighted by molar-refractivity contribution is -0.0370. The van der Waals surface area contributed by atoms with Crippen LogP contribution in [0.4, 0.5) is 0 Å². The highest BCUT2D eigenvalue weighted by Crippen LogP contribution is 2.51. The molecule has 0 amide bonds. The van der Waals surface area contributed by atoms with Crippen molar-refractivity contribution in [2.24, 2.45) is 5.92 Å². The Morgan fingerprint density at radius 2 is 1.96 bits per heavy atom. The lowest BCUT2D eigenvalue weighted by Crippen LogP contribution is -2.36. The van der Waals surface area contributed by atoms with Gasteiger partial charge in [0.2, 0.25) is 6.23 Å². The molecule has 0 bridgehead atoms. The van der Waals surface area contributed by atoms with Crippen molar-refractivity contribution in [1.82, 2.24) is 9.55 Å². The van der Waals surface area contributed by atoms with Crippen LogP contribution < -0.4 is 11.2 Å². The average molecular weight is 404 g/mol. The zero-order valence-electron chi connectivity index (χ0n) is 15.7. The predicted molar refractivity (Wildman–Crippen MR) is 96.8 cm³/mol. The van der Waals surface area contributed by atoms with E-state index >= 15 is 0 Å². The van der Waals surface area contributed by atoms with Crippen LogP contribution in [-0.4, -0.2) is 47.2 Å². The minimum absolute atomic E-state index is 0.0161. The molecule has 0 aliphatic carbocycles. The Morgan fingerprint density at radius 1 is 1.33 bits per heavy atom. The molecule has 0 saturated heterocycles. The van der Waals surface area contributed by atoms with Gasteiger partial charge in [0.25, 0.3) is 5.56 Å². The van der Waals surface area contributed by atoms with Crippen LogP contribution in [0, 0.1) is 5.92 Å². The highest BCUT2D eigenvalue weighted by atomic mass is 31.2. The van der Waals surface area contributed by atoms with E-state index in [1.165, 1.54) is 13.3 Å². The van der Waals surface area contributed by atoms with Crippen molar-refractivity contribution >= 4 is 7.60 Å². The van der Waals surface area contributed by atoms with Crippen molar-refractivity contribution in [3.63, 3.8) is 0 Å². The summed E-state index contributed by atoms with van der Waals surface area (Å²) in [4.78, 5) is 25.4. The first kappa shape index (κ1) is 21.4. The van der Waals surface area contributed by atoms with Crippen molar-refractivity contribution in [1.29, 1.82) is 0 Å². The number of methoxy groups -OCH3 is 1. The monoisotopic (exact) mass is 404 g/mol. The Kier molecular flexibility index (Phi) is 7.05. The van der Waals surface area contributed by atoms with E-state index in [9.17, 15) is 19.3 Å². The quantitative estimate of drug-likeness (QED) is 0.596. The Balaban J connectivity index is 2.29. The van der Waals surface area contributed by atoms with Gasteiger partial charge in [0.05, 0.1) is 19.4 Å². The number of hydrogen-bond donors (Lipinski definition) is 2. The molecule has 1 aromatic heterocycles. The van der Waals surface area contributed by atoms with Crippen molar-refractivity contribution in [3.05, 3.63) is 44.6 Å². The molecule has 0 saturated carbocycles. The first-order valence-corrected chi connectivity index (χ1v) is 10.3. The van der Waals surface area contributed by atoms with Gasteiger partial charge in [-0.1, -0.05) is 6.92 Å². The normalized spacial score (nSPS) is 21.3. The predicted octanol–water partition coefficient (Wildman–Crippen LogP) is 1.75. The van der Waals surface area contributed by atoms with Crippen LogP contribution >= 0.6 is 7.60 Å². The van der Waals surface area contributed by atoms with Gasteiger partial charge in [-0.3, -0.25) is 18.9 Å². The number of allylic oxidation sites excluding steroid dienone is 1. The number of aromatic nitrogens is 2. The zero-order chi connectivity index (χ0) is 20.2. The standard InChI is InChI=1S/C16H25N2O8P/c1-5-24-27(22,25-6-2)9-10(3)13-12(20)14(23-4)15(26-13)18-8-7-11(19)17-16(18)21/h7-8,10,14-15,20H,5-6,9H2,1-4H3,(H,17,19,21)/t10-,14?,15+/m0/s1. The summed E-state index contributed by atoms with van der Waals surface area (Å²) >= 11 is 0. The molecule has 0 fully saturated rings. The van der Waals surface area contributed by atoms with Crippen molar-refractivity contribution < 1.29 is 28.2 Å². The molecule has 152 valence electrons. The van der Waals surface area contributed by atoms with Crippen LogP contribution in [0.2, 0.25) is 0 Å². The minimum Gasteiger partial charge on any atom is -0.506 e. The van der Waals surface area contributed by atoms with E-state index in [0.717, 1.165) is 10.6 Å². The molecule has 0 spiro atoms. The number of nitrogens with zero attached hydrogens (tertiary/aromatic N) is 1. The first-order valence-electron chi connectivity index (χ1n) is 8.58. The maximum absolute atomic E-state index is 12.8. The van der Waals surface area contributed by atoms with Crippen molar-refractivity contribution in [2.45, 2.75) is 33.1 Å². The summed E-state index contributed by atoms with van der Waals surface area (Å²) < 4.78 is 35.4. The van der Waals surface area contributed by atoms with Crippen molar-refractivity contribution in [2.75, 3.05) is 26.5 Å². The minimum atomic E-state index is -3.37. The largest absolute Gasteiger partial charge is 0.506 e. The lowest BCUT2D eigenvalue weighted by Gasteiger charge is -2.23. The zero-order valence-corrected chi connectivity index (χ0v) is 16.6. The average Bonchev–Trinajstić information content (AvgIpc) is 2.91. The number of aliphatic hydroxyl groups excluding tert-OH is 1. The molecule has 27 heavy (non-hydrogen) atoms. The lowest BCUT2D eigenvalue weighted by atomic mass is 10.1. The van der Waals surface area contributed by atoms with Gasteiger partial charge in [-0.05, 0) is 13.8 Å². The van der Waals surface area contributed by atoms with Crippen LogP contribution in [0.3, 0.4) is 0 Å². The SMILES string of the molecule is CCOP(=O)(C[C@H](C)C1=C(O)C(OC)[C@H](n2ccc(=O)[nH]c2=O)O1)OCC. The second kappa shape index (κ2) is 8.88. The second-order valence-corrected chi connectivity index (χ2v) is 8.07. The molecule has 0 aromatic carbocycles. The van der Waals surface area contributed by atoms with Crippen LogP contribution in [0.15, 0.2) is 33.4 Å². The third-order valence-electron chi connectivity index (χ3n) is 4.00. The van der Waals surface area contributed by atoms with E-state index in [2.05, 4.69) is 4.98 Å². The summed E-state index contributed by atoms with van der Waals surface area (Å²) in [5.41, 5.74) is -1.26. The summed E-state index contributed by atoms with van der Waals surface area (Å²) in [5.74, 6) is -0.618. The molecule has 0 radical (unpaired) electrons. The summed E-state index contributed by atoms with van der Waals surface area (Å²) in [6.45, 7) is 5.54. The van der Waals surface area contributed by atoms with Gasteiger partial charge in [0.1, 0.15) is 5.76 Å². The molecule has 1 aromatic rings. The highest BCUT2D eigenvalue weighted by molar-refractivity contribution is 7.53. The van der Waals surface area contributed by atoms with Gasteiger partial charge in [-0.25, -0.2) is 4.79 Å². The number of hydrogen-bond acceptors (Lipinski definition) is 8. The molecular formula is C16H25N2O8P. The first-order chi connectivity index (χ1) is 12.8. The van der Waals surface area contributed by atoms with Crippen LogP contribution in [-0.2, 0) is 23.1 Å². The Labute approximate surface area is 156 Å². The number of aromatic amines is 1. The maximum atomic E-state index is 12.8. The molecular weight excluding hydrogens is 379 g/mol. The van der Waals surface area contributed by atoms with Gasteiger partial charge in [-0.15, -0.1) is 0 Å². The third kappa shape index (κ3) is 4.70. The summed E-state index contributed by atoms with van der Waals surface area (Å²) in [5, 5.41) is 10.5. The number of ether oxygens (including phenoxy) is 2. The van der Waals surface area contributed by atoms with Crippen LogP contribution in [0.5, 0.6) is 0 Å². The Bertz CT molecular complexity index is 835. The van der Waals surface area contributed by atoms with E-state index in [4.69, 9.17) is 18.5 Å². The Morgan fingerprint density at radius 3 is 2.48 bits per heavy atom. The van der Waals surface area contributed by atoms with E-state index in [0.29, 0.717) is 0 Å². The number of nitrogens with one attached hydrogen (secondary N) is 1. The van der Waals surface area contributed by atoms with Crippen LogP contribution in [0.25, 0.3) is 0 Å². The molecule has 1 aliphatic heterocycles. The smallest absolute Gasteiger partial charge is 0.331 e. The highest BCUT2D eigenvalue weighted by Gasteiger charge is 2.42. The molecule has 1 aliphatic rings. The fourth-order valence-corrected chi connectivity index (χ4v) is 4.82. The topological polar surface area (TPSA) is 129 Å². The van der Waals surface area contributed by atoms with E-state index in [-0.39, 0.29) is 30.9 Å². The molecule has 10 nitrogen and oxygen atoms in total. The molecule has 1 unspecified atom stereocenters. The molecule has 2 rings (SSSR count). The van der Waals surface area contributed by atoms with Gasteiger partial charge in [-0.2, -0.15) is 0 Å². The fourth-order valence-electron chi connectivity index (χ4n) is 2.91. The maximum Gasteiger partial charge on any atom is 0.331 e. The molecule has 2 N–H and O–H groups in total. The van der Waals surface area contributed by atoms with E-state index < -0.39 is 37.1 Å².